The molecule has 2 N–H and O–H groups in total. The van der Waals surface area contributed by atoms with Gasteiger partial charge in [0.1, 0.15) is 11.4 Å². The number of hydrogen-bond acceptors (Lipinski definition) is 6. The van der Waals surface area contributed by atoms with E-state index in [2.05, 4.69) is 31.2 Å². The Balaban J connectivity index is 1.37. The predicted octanol–water partition coefficient (Wildman–Crippen LogP) is 4.45. The van der Waals surface area contributed by atoms with Crippen LogP contribution in [0.2, 0.25) is 0 Å². The summed E-state index contributed by atoms with van der Waals surface area (Å²) < 4.78 is 7.40. The fraction of sp³-hybridized carbons (Fsp3) is 0.407. The number of carbonyl (C=O) groups is 2. The molecule has 10 nitrogen and oxygen atoms in total. The quantitative estimate of drug-likeness (QED) is 0.428. The summed E-state index contributed by atoms with van der Waals surface area (Å²) in [5.41, 5.74) is 5.20. The van der Waals surface area contributed by atoms with Crippen LogP contribution >= 0.6 is 0 Å². The third-order valence-electron chi connectivity index (χ3n) is 6.39. The third kappa shape index (κ3) is 4.96. The van der Waals surface area contributed by atoms with Crippen molar-refractivity contribution in [3.8, 4) is 0 Å². The molecule has 3 aromatic heterocycles. The highest BCUT2D eigenvalue weighted by molar-refractivity contribution is 6.14. The van der Waals surface area contributed by atoms with Crippen molar-refractivity contribution in [2.45, 2.75) is 47.1 Å². The van der Waals surface area contributed by atoms with Crippen molar-refractivity contribution in [3.63, 3.8) is 0 Å². The molecule has 1 aromatic carbocycles. The maximum absolute atomic E-state index is 13.3. The molecule has 0 aliphatic carbocycles. The number of aromatic nitrogens is 4. The number of imidazole rings is 1. The number of aryl methyl sites for hydroxylation is 3. The van der Waals surface area contributed by atoms with Gasteiger partial charge in [-0.3, -0.25) is 4.79 Å². The van der Waals surface area contributed by atoms with Crippen LogP contribution in [0.15, 0.2) is 30.6 Å². The van der Waals surface area contributed by atoms with Gasteiger partial charge in [-0.05, 0) is 59.7 Å². The first-order valence-electron chi connectivity index (χ1n) is 12.5. The summed E-state index contributed by atoms with van der Waals surface area (Å²) in [6, 6.07) is 5.88. The highest BCUT2D eigenvalue weighted by atomic mass is 16.6. The average molecular weight is 504 g/mol. The molecule has 0 spiro atoms. The van der Waals surface area contributed by atoms with Gasteiger partial charge >= 0.3 is 6.09 Å². The van der Waals surface area contributed by atoms with Gasteiger partial charge in [0.05, 0.1) is 28.7 Å². The van der Waals surface area contributed by atoms with Crippen molar-refractivity contribution in [3.05, 3.63) is 53.2 Å². The van der Waals surface area contributed by atoms with Crippen LogP contribution in [0.4, 0.5) is 16.3 Å². The molecule has 0 saturated carbocycles. The molecule has 1 aliphatic heterocycles. The summed E-state index contributed by atoms with van der Waals surface area (Å²) in [4.78, 5) is 42.2. The molecule has 2 amide bonds. The summed E-state index contributed by atoms with van der Waals surface area (Å²) in [6.07, 6.45) is 3.40. The first-order chi connectivity index (χ1) is 17.5. The van der Waals surface area contributed by atoms with Gasteiger partial charge in [0.15, 0.2) is 5.65 Å². The van der Waals surface area contributed by atoms with Gasteiger partial charge in [0, 0.05) is 49.1 Å². The Morgan fingerprint density at radius 2 is 1.76 bits per heavy atom. The maximum Gasteiger partial charge on any atom is 0.410 e. The molecule has 1 saturated heterocycles. The SMILES string of the molecule is Cc1cn2cc(NC(=O)c3ccc(N4CCN(C(=O)OC(C)(C)C)CC4)c4cc(C)[nH]c34)nc(C)c2n1. The van der Waals surface area contributed by atoms with Crippen LogP contribution in [0.5, 0.6) is 0 Å². The Kier molecular flexibility index (Phi) is 6.05. The van der Waals surface area contributed by atoms with Crippen LogP contribution in [0.3, 0.4) is 0 Å². The largest absolute Gasteiger partial charge is 0.444 e. The van der Waals surface area contributed by atoms with E-state index in [1.54, 1.807) is 11.1 Å². The van der Waals surface area contributed by atoms with Gasteiger partial charge in [-0.1, -0.05) is 0 Å². The van der Waals surface area contributed by atoms with E-state index in [0.717, 1.165) is 39.3 Å². The summed E-state index contributed by atoms with van der Waals surface area (Å²) in [5.74, 6) is 0.224. The van der Waals surface area contributed by atoms with Crippen molar-refractivity contribution < 1.29 is 14.3 Å². The molecule has 5 rings (SSSR count). The highest BCUT2D eigenvalue weighted by Gasteiger charge is 2.27. The molecular formula is C27H33N7O3. The van der Waals surface area contributed by atoms with E-state index in [1.165, 1.54) is 0 Å². The van der Waals surface area contributed by atoms with Crippen molar-refractivity contribution in [2.75, 3.05) is 36.4 Å². The lowest BCUT2D eigenvalue weighted by molar-refractivity contribution is 0.0240. The van der Waals surface area contributed by atoms with E-state index in [0.29, 0.717) is 37.6 Å². The first kappa shape index (κ1) is 24.6. The van der Waals surface area contributed by atoms with Gasteiger partial charge in [-0.15, -0.1) is 0 Å². The minimum Gasteiger partial charge on any atom is -0.444 e. The lowest BCUT2D eigenvalue weighted by Crippen LogP contribution is -2.50. The number of carbonyl (C=O) groups excluding carboxylic acids is 2. The Hall–Kier alpha value is -4.08. The lowest BCUT2D eigenvalue weighted by atomic mass is 10.1. The van der Waals surface area contributed by atoms with Gasteiger partial charge in [-0.2, -0.15) is 0 Å². The second-order valence-corrected chi connectivity index (χ2v) is 10.6. The second kappa shape index (κ2) is 9.10. The van der Waals surface area contributed by atoms with Crippen LogP contribution in [0, 0.1) is 20.8 Å². The Morgan fingerprint density at radius 3 is 2.46 bits per heavy atom. The molecule has 4 aromatic rings. The number of fused-ring (bicyclic) bond motifs is 2. The molecule has 10 heteroatoms. The summed E-state index contributed by atoms with van der Waals surface area (Å²) >= 11 is 0. The smallest absolute Gasteiger partial charge is 0.410 e. The molecule has 194 valence electrons. The summed E-state index contributed by atoms with van der Waals surface area (Å²) in [6.45, 7) is 13.9. The highest BCUT2D eigenvalue weighted by Crippen LogP contribution is 2.31. The van der Waals surface area contributed by atoms with Gasteiger partial charge < -0.3 is 29.2 Å². The zero-order valence-electron chi connectivity index (χ0n) is 22.2. The van der Waals surface area contributed by atoms with Gasteiger partial charge in [0.25, 0.3) is 5.91 Å². The number of anilines is 2. The summed E-state index contributed by atoms with van der Waals surface area (Å²) in [5, 5.41) is 3.92. The number of hydrogen-bond donors (Lipinski definition) is 2. The number of benzene rings is 1. The van der Waals surface area contributed by atoms with E-state index in [9.17, 15) is 9.59 Å². The van der Waals surface area contributed by atoms with Gasteiger partial charge in [0.2, 0.25) is 0 Å². The van der Waals surface area contributed by atoms with Gasteiger partial charge in [-0.25, -0.2) is 14.8 Å². The fourth-order valence-corrected chi connectivity index (χ4v) is 4.78. The number of H-pyrrole nitrogens is 1. The Morgan fingerprint density at radius 1 is 1.03 bits per heavy atom. The van der Waals surface area contributed by atoms with E-state index in [4.69, 9.17) is 4.74 Å². The Bertz CT molecular complexity index is 1500. The molecule has 0 atom stereocenters. The maximum atomic E-state index is 13.3. The van der Waals surface area contributed by atoms with Crippen molar-refractivity contribution in [1.29, 1.82) is 0 Å². The van der Waals surface area contributed by atoms with E-state index in [-0.39, 0.29) is 12.0 Å². The number of nitrogens with zero attached hydrogens (tertiary/aromatic N) is 5. The van der Waals surface area contributed by atoms with Crippen LogP contribution in [0.1, 0.15) is 48.2 Å². The van der Waals surface area contributed by atoms with Crippen molar-refractivity contribution >= 4 is 40.1 Å². The van der Waals surface area contributed by atoms with Crippen molar-refractivity contribution in [2.24, 2.45) is 0 Å². The van der Waals surface area contributed by atoms with E-state index >= 15 is 0 Å². The van der Waals surface area contributed by atoms with E-state index in [1.807, 2.05) is 64.3 Å². The lowest BCUT2D eigenvalue weighted by Gasteiger charge is -2.37. The number of aromatic amines is 1. The molecule has 4 heterocycles. The zero-order chi connectivity index (χ0) is 26.5. The van der Waals surface area contributed by atoms with Crippen LogP contribution in [-0.4, -0.2) is 68.0 Å². The molecule has 37 heavy (non-hydrogen) atoms. The standard InChI is InChI=1S/C27H33N7O3/c1-16-13-20-21(32-9-11-33(12-10-32)26(36)37-27(4,5)6)8-7-19(23(20)28-16)25(35)31-22-15-34-14-17(2)29-24(34)18(3)30-22/h7-8,13-15,28H,9-12H2,1-6H3,(H,31,35). The number of nitrogens with one attached hydrogen (secondary N) is 2. The average Bonchev–Trinajstić information content (AvgIpc) is 3.39. The zero-order valence-corrected chi connectivity index (χ0v) is 22.2. The monoisotopic (exact) mass is 503 g/mol. The second-order valence-electron chi connectivity index (χ2n) is 10.6. The normalized spacial score (nSPS) is 14.4. The molecule has 0 bridgehead atoms. The van der Waals surface area contributed by atoms with Crippen LogP contribution < -0.4 is 10.2 Å². The van der Waals surface area contributed by atoms with Crippen LogP contribution in [0.25, 0.3) is 16.6 Å². The molecule has 1 fully saturated rings. The van der Waals surface area contributed by atoms with E-state index < -0.39 is 5.60 Å². The number of piperazine rings is 1. The number of amides is 2. The van der Waals surface area contributed by atoms with Crippen LogP contribution in [-0.2, 0) is 4.74 Å². The topological polar surface area (TPSA) is 108 Å². The molecular weight excluding hydrogens is 470 g/mol. The predicted molar refractivity (Wildman–Crippen MR) is 143 cm³/mol. The molecule has 0 radical (unpaired) electrons. The number of rotatable bonds is 3. The summed E-state index contributed by atoms with van der Waals surface area (Å²) in [7, 11) is 0. The molecule has 1 aliphatic rings. The fourth-order valence-electron chi connectivity index (χ4n) is 4.78. The molecule has 0 unspecified atom stereocenters. The van der Waals surface area contributed by atoms with Crippen molar-refractivity contribution in [1.82, 2.24) is 24.3 Å². The Labute approximate surface area is 215 Å². The minimum absolute atomic E-state index is 0.240. The number of ether oxygens (including phenoxy) is 1. The first-order valence-corrected chi connectivity index (χ1v) is 12.5. The third-order valence-corrected chi connectivity index (χ3v) is 6.39. The minimum atomic E-state index is -0.517.